The van der Waals surface area contributed by atoms with Crippen LogP contribution in [-0.4, -0.2) is 44.2 Å². The molecule has 0 aromatic heterocycles. The Bertz CT molecular complexity index is 1260. The normalized spacial score (nSPS) is 15.5. The molecular formula is C24H22ClN3O4S. The zero-order chi connectivity index (χ0) is 23.4. The van der Waals surface area contributed by atoms with Crippen LogP contribution in [0.2, 0.25) is 5.02 Å². The van der Waals surface area contributed by atoms with Gasteiger partial charge in [0.2, 0.25) is 15.9 Å². The summed E-state index contributed by atoms with van der Waals surface area (Å²) in [5, 5.41) is 6.18. The molecule has 0 saturated carbocycles. The van der Waals surface area contributed by atoms with E-state index in [9.17, 15) is 18.0 Å². The molecule has 1 saturated heterocycles. The lowest BCUT2D eigenvalue weighted by molar-refractivity contribution is -0.122. The first-order chi connectivity index (χ1) is 15.8. The van der Waals surface area contributed by atoms with Gasteiger partial charge in [-0.1, -0.05) is 60.1 Å². The van der Waals surface area contributed by atoms with Gasteiger partial charge in [-0.25, -0.2) is 8.42 Å². The van der Waals surface area contributed by atoms with E-state index >= 15 is 0 Å². The van der Waals surface area contributed by atoms with Crippen molar-refractivity contribution in [2.24, 2.45) is 0 Å². The molecular weight excluding hydrogens is 462 g/mol. The molecule has 0 spiro atoms. The maximum atomic E-state index is 13.2. The molecule has 1 aliphatic rings. The molecule has 0 unspecified atom stereocenters. The molecule has 4 rings (SSSR count). The predicted octanol–water partition coefficient (Wildman–Crippen LogP) is 2.98. The average Bonchev–Trinajstić information content (AvgIpc) is 2.84. The van der Waals surface area contributed by atoms with Crippen LogP contribution in [0.5, 0.6) is 0 Å². The van der Waals surface area contributed by atoms with Gasteiger partial charge in [-0.3, -0.25) is 9.59 Å². The molecule has 33 heavy (non-hydrogen) atoms. The number of nitrogens with one attached hydrogen (secondary N) is 2. The number of nitrogens with zero attached hydrogens (tertiary/aromatic N) is 1. The van der Waals surface area contributed by atoms with Gasteiger partial charge < -0.3 is 10.6 Å². The first-order valence-electron chi connectivity index (χ1n) is 10.3. The first-order valence-corrected chi connectivity index (χ1v) is 12.1. The van der Waals surface area contributed by atoms with Gasteiger partial charge >= 0.3 is 0 Å². The summed E-state index contributed by atoms with van der Waals surface area (Å²) >= 11 is 6.02. The first kappa shape index (κ1) is 23.0. The van der Waals surface area contributed by atoms with E-state index in [-0.39, 0.29) is 36.0 Å². The van der Waals surface area contributed by atoms with Crippen molar-refractivity contribution in [2.45, 2.75) is 10.9 Å². The molecule has 2 N–H and O–H groups in total. The molecule has 1 fully saturated rings. The summed E-state index contributed by atoms with van der Waals surface area (Å²) in [6.45, 7) is 0.181. The van der Waals surface area contributed by atoms with Gasteiger partial charge in [0.05, 0.1) is 17.5 Å². The number of rotatable bonds is 6. The van der Waals surface area contributed by atoms with Crippen molar-refractivity contribution in [3.63, 3.8) is 0 Å². The number of sulfonamides is 1. The van der Waals surface area contributed by atoms with E-state index in [1.165, 1.54) is 18.2 Å². The average molecular weight is 484 g/mol. The van der Waals surface area contributed by atoms with Gasteiger partial charge in [-0.15, -0.1) is 0 Å². The van der Waals surface area contributed by atoms with Crippen LogP contribution in [-0.2, 0) is 14.8 Å². The Labute approximate surface area is 197 Å². The Morgan fingerprint density at radius 2 is 1.67 bits per heavy atom. The van der Waals surface area contributed by atoms with Crippen molar-refractivity contribution in [1.82, 2.24) is 14.9 Å². The van der Waals surface area contributed by atoms with E-state index in [4.69, 9.17) is 11.6 Å². The van der Waals surface area contributed by atoms with Gasteiger partial charge in [0.25, 0.3) is 5.91 Å². The molecule has 2 amide bonds. The second kappa shape index (κ2) is 9.74. The van der Waals surface area contributed by atoms with Gasteiger partial charge in [-0.05, 0) is 41.5 Å². The van der Waals surface area contributed by atoms with Crippen molar-refractivity contribution in [3.8, 4) is 0 Å². The van der Waals surface area contributed by atoms with E-state index in [0.717, 1.165) is 15.4 Å². The Morgan fingerprint density at radius 3 is 2.36 bits per heavy atom. The highest BCUT2D eigenvalue weighted by molar-refractivity contribution is 7.89. The second-order valence-electron chi connectivity index (χ2n) is 7.59. The summed E-state index contributed by atoms with van der Waals surface area (Å²) in [5.41, 5.74) is 1.91. The fraction of sp³-hybridized carbons (Fsp3) is 0.167. The Balaban J connectivity index is 1.62. The molecule has 170 valence electrons. The van der Waals surface area contributed by atoms with Crippen LogP contribution in [0.4, 0.5) is 0 Å². The summed E-state index contributed by atoms with van der Waals surface area (Å²) < 4.78 is 27.1. The summed E-state index contributed by atoms with van der Waals surface area (Å²) in [6, 6.07) is 22.0. The fourth-order valence-corrected chi connectivity index (χ4v) is 5.21. The van der Waals surface area contributed by atoms with Gasteiger partial charge in [0.1, 0.15) is 0 Å². The topological polar surface area (TPSA) is 95.6 Å². The van der Waals surface area contributed by atoms with E-state index in [1.54, 1.807) is 18.2 Å². The molecule has 9 heteroatoms. The monoisotopic (exact) mass is 483 g/mol. The highest BCUT2D eigenvalue weighted by atomic mass is 35.5. The summed E-state index contributed by atoms with van der Waals surface area (Å²) in [6.07, 6.45) is 0. The number of benzene rings is 3. The van der Waals surface area contributed by atoms with E-state index < -0.39 is 22.0 Å². The summed E-state index contributed by atoms with van der Waals surface area (Å²) in [5.74, 6) is -0.778. The lowest BCUT2D eigenvalue weighted by atomic mass is 9.98. The van der Waals surface area contributed by atoms with Crippen molar-refractivity contribution < 1.29 is 18.0 Å². The number of amides is 2. The number of carbonyl (C=O) groups is 2. The molecule has 3 aromatic carbocycles. The van der Waals surface area contributed by atoms with Crippen LogP contribution in [0, 0.1) is 0 Å². The van der Waals surface area contributed by atoms with Crippen molar-refractivity contribution >= 4 is 33.4 Å². The Hall–Kier alpha value is -3.20. The highest BCUT2D eigenvalue weighted by Gasteiger charge is 2.29. The predicted molar refractivity (Wildman–Crippen MR) is 125 cm³/mol. The van der Waals surface area contributed by atoms with Gasteiger partial charge in [0.15, 0.2) is 0 Å². The fourth-order valence-electron chi connectivity index (χ4n) is 3.64. The number of hydrogen-bond donors (Lipinski definition) is 2. The van der Waals surface area contributed by atoms with Gasteiger partial charge in [-0.2, -0.15) is 4.31 Å². The molecule has 0 radical (unpaired) electrons. The third kappa shape index (κ3) is 5.24. The smallest absolute Gasteiger partial charge is 0.252 e. The van der Waals surface area contributed by atoms with Crippen LogP contribution in [0.3, 0.4) is 0 Å². The molecule has 7 nitrogen and oxygen atoms in total. The molecule has 1 atom stereocenters. The highest BCUT2D eigenvalue weighted by Crippen LogP contribution is 2.25. The third-order valence-electron chi connectivity index (χ3n) is 5.35. The summed E-state index contributed by atoms with van der Waals surface area (Å²) in [7, 11) is -3.91. The number of halogens is 1. The number of piperazine rings is 1. The zero-order valence-electron chi connectivity index (χ0n) is 17.6. The molecule has 0 bridgehead atoms. The SMILES string of the molecule is O=C1CN(S(=O)(=O)c2cccc(C(=O)N[C@@H](c3ccccc3)c3ccc(Cl)cc3)c2)CCN1. The molecule has 1 heterocycles. The van der Waals surface area contributed by atoms with Crippen LogP contribution in [0.15, 0.2) is 83.8 Å². The number of hydrogen-bond acceptors (Lipinski definition) is 4. The lowest BCUT2D eigenvalue weighted by Gasteiger charge is -2.26. The maximum Gasteiger partial charge on any atom is 0.252 e. The minimum Gasteiger partial charge on any atom is -0.354 e. The van der Waals surface area contributed by atoms with Crippen molar-refractivity contribution in [1.29, 1.82) is 0 Å². The van der Waals surface area contributed by atoms with Gasteiger partial charge in [0, 0.05) is 23.7 Å². The van der Waals surface area contributed by atoms with E-state index in [0.29, 0.717) is 5.02 Å². The van der Waals surface area contributed by atoms with E-state index in [2.05, 4.69) is 10.6 Å². The molecule has 3 aromatic rings. The third-order valence-corrected chi connectivity index (χ3v) is 7.44. The molecule has 0 aliphatic carbocycles. The second-order valence-corrected chi connectivity index (χ2v) is 9.96. The minimum atomic E-state index is -3.91. The van der Waals surface area contributed by atoms with Crippen LogP contribution < -0.4 is 10.6 Å². The van der Waals surface area contributed by atoms with E-state index in [1.807, 2.05) is 42.5 Å². The Kier molecular flexibility index (Phi) is 6.78. The molecule has 1 aliphatic heterocycles. The van der Waals surface area contributed by atoms with Crippen molar-refractivity contribution in [2.75, 3.05) is 19.6 Å². The quantitative estimate of drug-likeness (QED) is 0.563. The van der Waals surface area contributed by atoms with Crippen LogP contribution >= 0.6 is 11.6 Å². The summed E-state index contributed by atoms with van der Waals surface area (Å²) in [4.78, 5) is 24.8. The largest absolute Gasteiger partial charge is 0.354 e. The van der Waals surface area contributed by atoms with Crippen LogP contribution in [0.25, 0.3) is 0 Å². The zero-order valence-corrected chi connectivity index (χ0v) is 19.1. The van der Waals surface area contributed by atoms with Crippen molar-refractivity contribution in [3.05, 3.63) is 101 Å². The lowest BCUT2D eigenvalue weighted by Crippen LogP contribution is -2.49. The standard InChI is InChI=1S/C24H22ClN3O4S/c25-20-11-9-18(10-12-20)23(17-5-2-1-3-6-17)27-24(30)19-7-4-8-21(15-19)33(31,32)28-14-13-26-22(29)16-28/h1-12,15,23H,13-14,16H2,(H,26,29)(H,27,30)/t23-/m0/s1. The Morgan fingerprint density at radius 1 is 0.970 bits per heavy atom. The maximum absolute atomic E-state index is 13.2. The number of carbonyl (C=O) groups excluding carboxylic acids is 2. The van der Waals surface area contributed by atoms with Crippen LogP contribution in [0.1, 0.15) is 27.5 Å². The minimum absolute atomic E-state index is 0.0346.